The zero-order valence-corrected chi connectivity index (χ0v) is 11.1. The Kier molecular flexibility index (Phi) is 4.01. The van der Waals surface area contributed by atoms with E-state index in [9.17, 15) is 9.59 Å². The Morgan fingerprint density at radius 2 is 2.33 bits per heavy atom. The van der Waals surface area contributed by atoms with Crippen LogP contribution in [0.15, 0.2) is 17.5 Å². The average molecular weight is 267 g/mol. The second-order valence-corrected chi connectivity index (χ2v) is 5.95. The van der Waals surface area contributed by atoms with Gasteiger partial charge in [0.05, 0.1) is 11.8 Å². The highest BCUT2D eigenvalue weighted by Gasteiger charge is 2.48. The number of thiophene rings is 1. The normalized spacial score (nSPS) is 23.4. The molecule has 1 saturated carbocycles. The summed E-state index contributed by atoms with van der Waals surface area (Å²) in [6, 6.07) is 4.11. The molecule has 0 spiro atoms. The van der Waals surface area contributed by atoms with E-state index in [0.717, 1.165) is 6.42 Å². The van der Waals surface area contributed by atoms with Crippen LogP contribution in [-0.4, -0.2) is 23.5 Å². The van der Waals surface area contributed by atoms with Crippen LogP contribution >= 0.6 is 11.3 Å². The molecule has 0 saturated heterocycles. The Morgan fingerprint density at radius 1 is 1.56 bits per heavy atom. The summed E-state index contributed by atoms with van der Waals surface area (Å²) in [5, 5.41) is 13.6. The van der Waals surface area contributed by atoms with E-state index in [2.05, 4.69) is 18.3 Å². The third-order valence-electron chi connectivity index (χ3n) is 3.20. The summed E-state index contributed by atoms with van der Waals surface area (Å²) in [5.74, 6) is -1.37. The highest BCUT2D eigenvalue weighted by molar-refractivity contribution is 7.09. The Bertz CT molecular complexity index is 429. The third-order valence-corrected chi connectivity index (χ3v) is 4.10. The highest BCUT2D eigenvalue weighted by Crippen LogP contribution is 2.38. The largest absolute Gasteiger partial charge is 0.481 e. The van der Waals surface area contributed by atoms with Gasteiger partial charge in [-0.05, 0) is 30.2 Å². The molecule has 18 heavy (non-hydrogen) atoms. The van der Waals surface area contributed by atoms with Crippen LogP contribution in [0.5, 0.6) is 0 Å². The molecule has 3 unspecified atom stereocenters. The van der Waals surface area contributed by atoms with Gasteiger partial charge < -0.3 is 10.4 Å². The van der Waals surface area contributed by atoms with Gasteiger partial charge in [0.25, 0.3) is 0 Å². The number of aliphatic carboxylic acids is 1. The molecule has 1 aliphatic rings. The van der Waals surface area contributed by atoms with E-state index in [1.165, 1.54) is 4.88 Å². The molecule has 5 heteroatoms. The lowest BCUT2D eigenvalue weighted by molar-refractivity contribution is -0.140. The van der Waals surface area contributed by atoms with Gasteiger partial charge >= 0.3 is 5.97 Å². The van der Waals surface area contributed by atoms with Crippen molar-refractivity contribution in [2.75, 3.05) is 6.54 Å². The summed E-state index contributed by atoms with van der Waals surface area (Å²) in [4.78, 5) is 23.6. The first-order chi connectivity index (χ1) is 8.58. The van der Waals surface area contributed by atoms with Gasteiger partial charge in [0, 0.05) is 11.4 Å². The van der Waals surface area contributed by atoms with Crippen molar-refractivity contribution in [1.82, 2.24) is 5.32 Å². The molecule has 2 rings (SSSR count). The molecule has 1 heterocycles. The number of carbonyl (C=O) groups excluding carboxylic acids is 1. The van der Waals surface area contributed by atoms with Crippen LogP contribution < -0.4 is 5.32 Å². The Labute approximate surface area is 110 Å². The van der Waals surface area contributed by atoms with Crippen LogP contribution in [0.4, 0.5) is 0 Å². The molecule has 1 aliphatic carbocycles. The third kappa shape index (κ3) is 3.32. The Hall–Kier alpha value is -1.36. The maximum atomic E-state index is 11.7. The molecule has 4 nitrogen and oxygen atoms in total. The summed E-state index contributed by atoms with van der Waals surface area (Å²) in [6.45, 7) is 2.70. The lowest BCUT2D eigenvalue weighted by atomic mass is 10.1. The number of carboxylic acids is 1. The van der Waals surface area contributed by atoms with E-state index >= 15 is 0 Å². The van der Waals surface area contributed by atoms with Gasteiger partial charge in [-0.3, -0.25) is 9.59 Å². The fourth-order valence-electron chi connectivity index (χ4n) is 2.01. The summed E-state index contributed by atoms with van der Waals surface area (Å²) in [6.07, 6.45) is 1.44. The molecule has 98 valence electrons. The number of carbonyl (C=O) groups is 2. The molecule has 0 bridgehead atoms. The van der Waals surface area contributed by atoms with E-state index < -0.39 is 11.9 Å². The van der Waals surface area contributed by atoms with Crippen molar-refractivity contribution in [3.05, 3.63) is 22.4 Å². The Balaban J connectivity index is 1.69. The lowest BCUT2D eigenvalue weighted by Gasteiger charge is -2.11. The van der Waals surface area contributed by atoms with E-state index in [1.807, 2.05) is 11.4 Å². The molecule has 2 N–H and O–H groups in total. The van der Waals surface area contributed by atoms with Crippen molar-refractivity contribution in [3.8, 4) is 0 Å². The zero-order chi connectivity index (χ0) is 13.1. The lowest BCUT2D eigenvalue weighted by Crippen LogP contribution is -2.31. The van der Waals surface area contributed by atoms with E-state index in [0.29, 0.717) is 18.9 Å². The summed E-state index contributed by atoms with van der Waals surface area (Å²) in [5.41, 5.74) is 0. The second-order valence-electron chi connectivity index (χ2n) is 4.92. The highest BCUT2D eigenvalue weighted by atomic mass is 32.1. The maximum Gasteiger partial charge on any atom is 0.307 e. The predicted molar refractivity (Wildman–Crippen MR) is 69.4 cm³/mol. The number of hydrogen-bond acceptors (Lipinski definition) is 3. The maximum absolute atomic E-state index is 11.7. The van der Waals surface area contributed by atoms with Crippen LogP contribution in [0.3, 0.4) is 0 Å². The molecule has 1 aromatic rings. The Morgan fingerprint density at radius 3 is 2.89 bits per heavy atom. The molecular formula is C13H17NO3S. The van der Waals surface area contributed by atoms with Gasteiger partial charge in [-0.1, -0.05) is 13.0 Å². The van der Waals surface area contributed by atoms with Crippen molar-refractivity contribution in [1.29, 1.82) is 0 Å². The summed E-state index contributed by atoms with van der Waals surface area (Å²) >= 11 is 1.72. The fraction of sp³-hybridized carbons (Fsp3) is 0.538. The number of amides is 1. The molecule has 0 aliphatic heterocycles. The van der Waals surface area contributed by atoms with Crippen molar-refractivity contribution in [2.45, 2.75) is 19.8 Å². The fourth-order valence-corrected chi connectivity index (χ4v) is 2.88. The van der Waals surface area contributed by atoms with Crippen LogP contribution in [0.2, 0.25) is 0 Å². The van der Waals surface area contributed by atoms with E-state index in [4.69, 9.17) is 5.11 Å². The number of hydrogen-bond donors (Lipinski definition) is 2. The SMILES string of the molecule is CC(CNC(=O)C1CC1C(=O)O)Cc1cccs1. The molecular weight excluding hydrogens is 250 g/mol. The monoisotopic (exact) mass is 267 g/mol. The van der Waals surface area contributed by atoms with Gasteiger partial charge in [-0.2, -0.15) is 0 Å². The number of rotatable bonds is 6. The number of nitrogens with one attached hydrogen (secondary N) is 1. The molecule has 0 radical (unpaired) electrons. The zero-order valence-electron chi connectivity index (χ0n) is 10.3. The van der Waals surface area contributed by atoms with Crippen molar-refractivity contribution in [2.24, 2.45) is 17.8 Å². The minimum absolute atomic E-state index is 0.111. The summed E-state index contributed by atoms with van der Waals surface area (Å²) < 4.78 is 0. The summed E-state index contributed by atoms with van der Waals surface area (Å²) in [7, 11) is 0. The number of carboxylic acid groups (broad SMARTS) is 1. The smallest absolute Gasteiger partial charge is 0.307 e. The van der Waals surface area contributed by atoms with Gasteiger partial charge in [0.15, 0.2) is 0 Å². The quantitative estimate of drug-likeness (QED) is 0.825. The average Bonchev–Trinajstić information content (AvgIpc) is 2.99. The topological polar surface area (TPSA) is 66.4 Å². The van der Waals surface area contributed by atoms with Crippen molar-refractivity contribution in [3.63, 3.8) is 0 Å². The van der Waals surface area contributed by atoms with Gasteiger partial charge in [-0.25, -0.2) is 0 Å². The van der Waals surface area contributed by atoms with E-state index in [-0.39, 0.29) is 11.8 Å². The van der Waals surface area contributed by atoms with E-state index in [1.54, 1.807) is 11.3 Å². The molecule has 1 aromatic heterocycles. The minimum Gasteiger partial charge on any atom is -0.481 e. The minimum atomic E-state index is -0.859. The molecule has 1 fully saturated rings. The van der Waals surface area contributed by atoms with Crippen molar-refractivity contribution >= 4 is 23.2 Å². The predicted octanol–water partition coefficient (Wildman–Crippen LogP) is 1.76. The van der Waals surface area contributed by atoms with Crippen LogP contribution in [0.1, 0.15) is 18.2 Å². The van der Waals surface area contributed by atoms with Crippen LogP contribution in [-0.2, 0) is 16.0 Å². The van der Waals surface area contributed by atoms with Gasteiger partial charge in [-0.15, -0.1) is 11.3 Å². The first-order valence-corrected chi connectivity index (χ1v) is 6.98. The van der Waals surface area contributed by atoms with Crippen LogP contribution in [0, 0.1) is 17.8 Å². The first kappa shape index (κ1) is 13.1. The van der Waals surface area contributed by atoms with Crippen LogP contribution in [0.25, 0.3) is 0 Å². The van der Waals surface area contributed by atoms with Gasteiger partial charge in [0.1, 0.15) is 0 Å². The second kappa shape index (κ2) is 5.52. The molecule has 3 atom stereocenters. The standard InChI is InChI=1S/C13H17NO3S/c1-8(5-9-3-2-4-18-9)7-14-12(15)10-6-11(10)13(16)17/h2-4,8,10-11H,5-7H2,1H3,(H,14,15)(H,16,17). The molecule has 0 aromatic carbocycles. The first-order valence-electron chi connectivity index (χ1n) is 6.11. The van der Waals surface area contributed by atoms with Gasteiger partial charge in [0.2, 0.25) is 5.91 Å². The molecule has 1 amide bonds. The van der Waals surface area contributed by atoms with Crippen molar-refractivity contribution < 1.29 is 14.7 Å².